The highest BCUT2D eigenvalue weighted by molar-refractivity contribution is 5.91. The molecule has 0 bridgehead atoms. The van der Waals surface area contributed by atoms with E-state index in [2.05, 4.69) is 27.5 Å². The number of hydrogen-bond acceptors (Lipinski definition) is 3. The van der Waals surface area contributed by atoms with Crippen molar-refractivity contribution in [3.63, 3.8) is 0 Å². The van der Waals surface area contributed by atoms with E-state index in [1.807, 2.05) is 43.2 Å². The number of rotatable bonds is 2. The molecule has 1 saturated heterocycles. The molecule has 1 aliphatic rings. The number of hydrogen-bond donors (Lipinski definition) is 1. The second-order valence-electron chi connectivity index (χ2n) is 7.85. The van der Waals surface area contributed by atoms with E-state index in [9.17, 15) is 0 Å². The Morgan fingerprint density at radius 2 is 1.79 bits per heavy atom. The maximum atomic E-state index is 15.0. The Labute approximate surface area is 163 Å². The first-order valence-electron chi connectivity index (χ1n) is 9.83. The highest BCUT2D eigenvalue weighted by Gasteiger charge is 2.18. The highest BCUT2D eigenvalue weighted by Crippen LogP contribution is 2.32. The van der Waals surface area contributed by atoms with Gasteiger partial charge in [-0.05, 0) is 79.9 Å². The zero-order valence-corrected chi connectivity index (χ0v) is 16.2. The molecule has 0 unspecified atom stereocenters. The Balaban J connectivity index is 1.59. The lowest BCUT2D eigenvalue weighted by Crippen LogP contribution is -2.27. The average molecular weight is 374 g/mol. The van der Waals surface area contributed by atoms with Crippen LogP contribution in [0.2, 0.25) is 0 Å². The summed E-state index contributed by atoms with van der Waals surface area (Å²) in [6.45, 7) is 4.05. The van der Waals surface area contributed by atoms with E-state index in [-0.39, 0.29) is 5.82 Å². The van der Waals surface area contributed by atoms with Crippen molar-refractivity contribution in [2.24, 2.45) is 7.05 Å². The first-order valence-corrected chi connectivity index (χ1v) is 9.83. The Morgan fingerprint density at radius 1 is 1.04 bits per heavy atom. The summed E-state index contributed by atoms with van der Waals surface area (Å²) in [7, 11) is 1.92. The predicted octanol–water partition coefficient (Wildman–Crippen LogP) is 4.70. The topological polar surface area (TPSA) is 42.7 Å². The van der Waals surface area contributed by atoms with Gasteiger partial charge in [0.25, 0.3) is 0 Å². The van der Waals surface area contributed by atoms with Gasteiger partial charge in [0.2, 0.25) is 0 Å². The molecule has 2 aromatic carbocycles. The van der Waals surface area contributed by atoms with E-state index < -0.39 is 0 Å². The van der Waals surface area contributed by atoms with Crippen molar-refractivity contribution < 1.29 is 4.39 Å². The molecule has 4 aromatic rings. The number of pyridine rings is 1. The summed E-state index contributed by atoms with van der Waals surface area (Å²) in [5.74, 6) is 0.231. The molecule has 1 N–H and O–H groups in total. The van der Waals surface area contributed by atoms with Crippen LogP contribution in [0.1, 0.15) is 30.0 Å². The third-order valence-electron chi connectivity index (χ3n) is 5.81. The lowest BCUT2D eigenvalue weighted by Gasteiger charge is -2.22. The maximum absolute atomic E-state index is 15.0. The van der Waals surface area contributed by atoms with Gasteiger partial charge in [0.1, 0.15) is 5.82 Å². The monoisotopic (exact) mass is 374 g/mol. The first kappa shape index (κ1) is 17.3. The van der Waals surface area contributed by atoms with Gasteiger partial charge < -0.3 is 5.32 Å². The molecule has 2 aromatic heterocycles. The zero-order chi connectivity index (χ0) is 19.3. The van der Waals surface area contributed by atoms with Gasteiger partial charge in [0.15, 0.2) is 0 Å². The van der Waals surface area contributed by atoms with Crippen molar-refractivity contribution in [3.05, 3.63) is 59.8 Å². The van der Waals surface area contributed by atoms with Gasteiger partial charge in [-0.2, -0.15) is 5.10 Å². The van der Waals surface area contributed by atoms with E-state index >= 15 is 4.39 Å². The minimum atomic E-state index is -0.186. The van der Waals surface area contributed by atoms with Gasteiger partial charge >= 0.3 is 0 Å². The Hall–Kier alpha value is -2.79. The molecule has 28 heavy (non-hydrogen) atoms. The fourth-order valence-corrected chi connectivity index (χ4v) is 4.33. The number of halogens is 1. The number of aromatic nitrogens is 3. The Morgan fingerprint density at radius 3 is 2.61 bits per heavy atom. The normalized spacial score (nSPS) is 15.5. The van der Waals surface area contributed by atoms with Crippen LogP contribution in [0.3, 0.4) is 0 Å². The first-order chi connectivity index (χ1) is 13.6. The van der Waals surface area contributed by atoms with Crippen molar-refractivity contribution in [2.75, 3.05) is 13.1 Å². The molecule has 0 atom stereocenters. The Kier molecular flexibility index (Phi) is 4.13. The maximum Gasteiger partial charge on any atom is 0.131 e. The van der Waals surface area contributed by atoms with Crippen molar-refractivity contribution in [1.29, 1.82) is 0 Å². The third kappa shape index (κ3) is 2.96. The number of benzene rings is 2. The van der Waals surface area contributed by atoms with Crippen molar-refractivity contribution >= 4 is 21.7 Å². The number of piperidine rings is 1. The van der Waals surface area contributed by atoms with Gasteiger partial charge in [0, 0.05) is 47.2 Å². The molecule has 5 rings (SSSR count). The number of nitrogens with one attached hydrogen (secondary N) is 1. The smallest absolute Gasteiger partial charge is 0.131 e. The van der Waals surface area contributed by atoms with Crippen LogP contribution < -0.4 is 5.32 Å². The second kappa shape index (κ2) is 6.67. The third-order valence-corrected chi connectivity index (χ3v) is 5.81. The van der Waals surface area contributed by atoms with Crippen molar-refractivity contribution in [2.45, 2.75) is 25.7 Å². The van der Waals surface area contributed by atoms with Crippen LogP contribution in [0.4, 0.5) is 4.39 Å². The van der Waals surface area contributed by atoms with Crippen molar-refractivity contribution in [1.82, 2.24) is 20.1 Å². The summed E-state index contributed by atoms with van der Waals surface area (Å²) in [5.41, 5.74) is 4.96. The fourth-order valence-electron chi connectivity index (χ4n) is 4.33. The molecule has 0 aliphatic carbocycles. The van der Waals surface area contributed by atoms with Crippen LogP contribution in [-0.4, -0.2) is 27.9 Å². The lowest BCUT2D eigenvalue weighted by atomic mass is 9.92. The average Bonchev–Trinajstić information content (AvgIpc) is 3.09. The predicted molar refractivity (Wildman–Crippen MR) is 111 cm³/mol. The molecule has 0 radical (unpaired) electrons. The molecular weight excluding hydrogens is 351 g/mol. The molecule has 4 nitrogen and oxygen atoms in total. The molecule has 0 amide bonds. The minimum Gasteiger partial charge on any atom is -0.317 e. The molecule has 5 heteroatoms. The fraction of sp³-hybridized carbons (Fsp3) is 0.304. The van der Waals surface area contributed by atoms with Gasteiger partial charge in [0.05, 0.1) is 5.52 Å². The van der Waals surface area contributed by atoms with Crippen LogP contribution in [0, 0.1) is 12.7 Å². The summed E-state index contributed by atoms with van der Waals surface area (Å²) in [6.07, 6.45) is 5.94. The number of nitrogens with zero attached hydrogens (tertiary/aromatic N) is 3. The number of fused-ring (bicyclic) bond motifs is 2. The van der Waals surface area contributed by atoms with Crippen LogP contribution in [-0.2, 0) is 7.05 Å². The summed E-state index contributed by atoms with van der Waals surface area (Å²) < 4.78 is 16.9. The van der Waals surface area contributed by atoms with E-state index in [0.717, 1.165) is 64.6 Å². The molecule has 0 saturated carbocycles. The van der Waals surface area contributed by atoms with Gasteiger partial charge in [-0.15, -0.1) is 0 Å². The summed E-state index contributed by atoms with van der Waals surface area (Å²) >= 11 is 0. The second-order valence-corrected chi connectivity index (χ2v) is 7.85. The van der Waals surface area contributed by atoms with E-state index in [1.165, 1.54) is 0 Å². The molecule has 3 heterocycles. The van der Waals surface area contributed by atoms with E-state index in [1.54, 1.807) is 6.07 Å². The van der Waals surface area contributed by atoms with E-state index in [0.29, 0.717) is 11.3 Å². The zero-order valence-electron chi connectivity index (χ0n) is 16.2. The summed E-state index contributed by atoms with van der Waals surface area (Å²) in [6, 6.07) is 9.78. The summed E-state index contributed by atoms with van der Waals surface area (Å²) in [5, 5.41) is 10.4. The van der Waals surface area contributed by atoms with Crippen LogP contribution in [0.15, 0.2) is 42.7 Å². The largest absolute Gasteiger partial charge is 0.317 e. The number of aryl methyl sites for hydroxylation is 2. The van der Waals surface area contributed by atoms with Gasteiger partial charge in [-0.25, -0.2) is 4.39 Å². The molecule has 1 aliphatic heterocycles. The quantitative estimate of drug-likeness (QED) is 0.553. The van der Waals surface area contributed by atoms with Crippen molar-refractivity contribution in [3.8, 4) is 11.1 Å². The molecule has 142 valence electrons. The Bertz CT molecular complexity index is 1190. The van der Waals surface area contributed by atoms with Crippen LogP contribution in [0.5, 0.6) is 0 Å². The van der Waals surface area contributed by atoms with E-state index in [4.69, 9.17) is 0 Å². The lowest BCUT2D eigenvalue weighted by molar-refractivity contribution is 0.453. The molecule has 1 fully saturated rings. The van der Waals surface area contributed by atoms with Gasteiger partial charge in [-0.3, -0.25) is 9.67 Å². The minimum absolute atomic E-state index is 0.186. The highest BCUT2D eigenvalue weighted by atomic mass is 19.1. The summed E-state index contributed by atoms with van der Waals surface area (Å²) in [4.78, 5) is 4.67. The molecular formula is C23H23FN4. The standard InChI is InChI=1S/C23H23FN4/c1-14-7-16(9-19-13-28(2)27-23(14)19)17-8-18-12-26-22(11-20(18)21(24)10-17)15-3-5-25-6-4-15/h7-13,15,25H,3-6H2,1-2H3. The SMILES string of the molecule is Cc1cc(-c2cc(F)c3cc(C4CCNCC4)ncc3c2)cc2cn(C)nc12. The molecule has 0 spiro atoms. The van der Waals surface area contributed by atoms with Crippen LogP contribution in [0.25, 0.3) is 32.8 Å². The van der Waals surface area contributed by atoms with Gasteiger partial charge in [-0.1, -0.05) is 0 Å². The van der Waals surface area contributed by atoms with Crippen LogP contribution >= 0.6 is 0 Å².